The van der Waals surface area contributed by atoms with Crippen molar-refractivity contribution in [3.8, 4) is 5.75 Å². The van der Waals surface area contributed by atoms with Crippen LogP contribution in [0.1, 0.15) is 33.7 Å². The van der Waals surface area contributed by atoms with Gasteiger partial charge in [0.1, 0.15) is 5.75 Å². The van der Waals surface area contributed by atoms with Gasteiger partial charge in [-0.25, -0.2) is 0 Å². The van der Waals surface area contributed by atoms with Gasteiger partial charge in [-0.2, -0.15) is 0 Å². The zero-order chi connectivity index (χ0) is 40.3. The summed E-state index contributed by atoms with van der Waals surface area (Å²) < 4.78 is 6.05. The molecule has 1 heteroatoms. The van der Waals surface area contributed by atoms with Crippen LogP contribution in [0.25, 0.3) is 291 Å². The minimum absolute atomic E-state index is 0.210. The highest BCUT2D eigenvalue weighted by Gasteiger charge is 2.63. The molecular weight excluding hydrogens is 821 g/mol. The van der Waals surface area contributed by atoms with E-state index in [-0.39, 0.29) is 11.3 Å². The molecule has 68 heavy (non-hydrogen) atoms. The van der Waals surface area contributed by atoms with E-state index in [4.69, 9.17) is 4.74 Å². The highest BCUT2D eigenvalue weighted by Crippen LogP contribution is 2.84. The Morgan fingerprint density at radius 1 is 0.235 bits per heavy atom. The van der Waals surface area contributed by atoms with Gasteiger partial charge in [-0.1, -0.05) is 12.1 Å². The lowest BCUT2D eigenvalue weighted by Crippen LogP contribution is -2.37. The zero-order valence-electron chi connectivity index (χ0n) is 34.8. The van der Waals surface area contributed by atoms with Crippen LogP contribution in [0.5, 0.6) is 5.75 Å². The van der Waals surface area contributed by atoms with Crippen LogP contribution < -0.4 is 4.74 Å². The Morgan fingerprint density at radius 2 is 0.426 bits per heavy atom. The molecule has 0 aliphatic heterocycles. The smallest absolute Gasteiger partial charge is 0.118 e. The van der Waals surface area contributed by atoms with Crippen molar-refractivity contribution in [2.24, 2.45) is 0 Å². The third-order valence-electron chi connectivity index (χ3n) is 24.7. The van der Waals surface area contributed by atoms with Crippen LogP contribution in [0.15, 0.2) is 24.3 Å². The van der Waals surface area contributed by atoms with Crippen molar-refractivity contribution in [2.45, 2.75) is 11.3 Å². The quantitative estimate of drug-likeness (QED) is 0.158. The van der Waals surface area contributed by atoms with Crippen LogP contribution in [0.2, 0.25) is 0 Å². The summed E-state index contributed by atoms with van der Waals surface area (Å²) in [5.41, 5.74) is 7.95. The van der Waals surface area contributed by atoms with Crippen LogP contribution in [0.3, 0.4) is 0 Å². The van der Waals surface area contributed by atoms with E-state index in [1.165, 1.54) is 5.56 Å². The van der Waals surface area contributed by atoms with E-state index in [0.717, 1.165) is 5.75 Å². The van der Waals surface area contributed by atoms with Crippen molar-refractivity contribution in [1.82, 2.24) is 0 Å². The largest absolute Gasteiger partial charge is 0.497 e. The summed E-state index contributed by atoms with van der Waals surface area (Å²) in [5, 5.41) is 89.3. The Balaban J connectivity index is 1.21. The molecule has 0 amide bonds. The van der Waals surface area contributed by atoms with Gasteiger partial charge in [-0.3, -0.25) is 0 Å². The Kier molecular flexibility index (Phi) is 2.05. The number of ether oxygens (including phenoxy) is 1. The van der Waals surface area contributed by atoms with Crippen LogP contribution in [-0.4, -0.2) is 7.11 Å². The Morgan fingerprint density at radius 3 is 0.735 bits per heavy atom. The van der Waals surface area contributed by atoms with Gasteiger partial charge in [0.25, 0.3) is 0 Å². The second-order valence-corrected chi connectivity index (χ2v) is 24.8. The maximum Gasteiger partial charge on any atom is 0.118 e. The molecule has 0 aromatic heterocycles. The van der Waals surface area contributed by atoms with Crippen molar-refractivity contribution in [1.29, 1.82) is 0 Å². The molecule has 1 nitrogen and oxygen atoms in total. The maximum atomic E-state index is 6.05. The number of hydrogen-bond acceptors (Lipinski definition) is 1. The van der Waals surface area contributed by atoms with Crippen LogP contribution in [0.4, 0.5) is 0 Å². The standard InChI is InChI=1S/C67H8O/c1-68-7-4-2-6(3-5-7)67-64-60-54-40-32-24-12-9-8-10-13(12)25-27-23-17(10)19-15-11(8)14-18-16(9)22-26(24)38(40)46-44-30(22)28(18)36-34-20(14)21(15)35-37-29(19)31(23)45-47-39(27)41(33(25)32)55(54)61(64)57(47)59-51(45)49(37)53-43(35)42(34)52-48(36)50(44)58(56(46)60)65(67)62(52)63(53)66(59)67/h2-5,65H,1H3. The minimum Gasteiger partial charge on any atom is -0.497 e. The first-order valence-electron chi connectivity index (χ1n) is 25.3. The van der Waals surface area contributed by atoms with Crippen molar-refractivity contribution < 1.29 is 4.74 Å². The number of rotatable bonds is 2. The van der Waals surface area contributed by atoms with Crippen LogP contribution in [-0.2, 0) is 5.41 Å². The molecule has 0 saturated heterocycles. The molecule has 0 N–H and O–H groups in total. The third-order valence-corrected chi connectivity index (χ3v) is 24.7. The molecule has 0 bridgehead atoms. The first kappa shape index (κ1) is 24.8. The summed E-state index contributed by atoms with van der Waals surface area (Å²) in [4.78, 5) is 0. The van der Waals surface area contributed by atoms with Gasteiger partial charge in [0, 0.05) is 5.92 Å². The lowest BCUT2D eigenvalue weighted by atomic mass is 9.56. The fourth-order valence-electron chi connectivity index (χ4n) is 24.5. The second kappa shape index (κ2) is 5.62. The molecule has 282 valence electrons. The van der Waals surface area contributed by atoms with Crippen molar-refractivity contribution in [3.63, 3.8) is 0 Å². The SMILES string of the molecule is COc1ccc(C23c4c5c6c7c8c9c(c%10c%11c2c2c%12c4c4c%13c5c5c7c7c8c8c%14c9c%10c9c%10c%11c2c2c%11c%12c4c4c%12c%13c5c5c7c7c8c8c%14c9c9c%10c2c2c%11c4c4c%12c5c7c5c8c9c2c45)C63)cc1. The van der Waals surface area contributed by atoms with Gasteiger partial charge in [0.05, 0.1) is 12.5 Å². The maximum absolute atomic E-state index is 6.05. The van der Waals surface area contributed by atoms with Gasteiger partial charge in [-0.15, -0.1) is 0 Å². The highest BCUT2D eigenvalue weighted by molar-refractivity contribution is 6.82. The number of methoxy groups -OCH3 is 1. The predicted octanol–water partition coefficient (Wildman–Crippen LogP) is 18.2. The van der Waals surface area contributed by atoms with Crippen molar-refractivity contribution in [2.75, 3.05) is 7.11 Å². The van der Waals surface area contributed by atoms with Gasteiger partial charge in [-0.05, 0) is 331 Å². The first-order chi connectivity index (χ1) is 33.9. The average Bonchev–Trinajstić information content (AvgIpc) is 4.24. The lowest BCUT2D eigenvalue weighted by molar-refractivity contribution is 0.414. The molecule has 0 radical (unpaired) electrons. The molecular formula is C67H8O. The molecule has 29 aromatic rings. The van der Waals surface area contributed by atoms with Gasteiger partial charge in [0.2, 0.25) is 0 Å². The molecule has 2 unspecified atom stereocenters. The topological polar surface area (TPSA) is 9.23 Å². The number of hydrogen-bond donors (Lipinski definition) is 0. The normalized spacial score (nSPS) is 20.9. The first-order valence-corrected chi connectivity index (χ1v) is 25.3. The average molecular weight is 829 g/mol. The molecule has 0 spiro atoms. The Hall–Kier alpha value is -8.52. The van der Waals surface area contributed by atoms with E-state index in [1.54, 1.807) is 313 Å². The van der Waals surface area contributed by atoms with E-state index in [9.17, 15) is 0 Å². The molecule has 0 saturated carbocycles. The molecule has 4 aliphatic rings. The molecule has 4 aliphatic carbocycles. The monoisotopic (exact) mass is 828 g/mol. The van der Waals surface area contributed by atoms with E-state index in [2.05, 4.69) is 24.3 Å². The van der Waals surface area contributed by atoms with Crippen molar-refractivity contribution >= 4 is 291 Å². The highest BCUT2D eigenvalue weighted by atomic mass is 16.5. The lowest BCUT2D eigenvalue weighted by Gasteiger charge is -2.44. The summed E-state index contributed by atoms with van der Waals surface area (Å²) in [6.45, 7) is 0. The van der Waals surface area contributed by atoms with Gasteiger partial charge >= 0.3 is 0 Å². The summed E-state index contributed by atoms with van der Waals surface area (Å²) >= 11 is 0. The molecule has 2 atom stereocenters. The minimum atomic E-state index is -0.363. The van der Waals surface area contributed by atoms with Gasteiger partial charge < -0.3 is 4.74 Å². The Labute approximate surface area is 369 Å². The third kappa shape index (κ3) is 1.30. The van der Waals surface area contributed by atoms with Crippen molar-refractivity contribution in [3.05, 3.63) is 52.1 Å². The predicted molar refractivity (Wildman–Crippen MR) is 287 cm³/mol. The zero-order valence-corrected chi connectivity index (χ0v) is 34.8. The molecule has 0 fully saturated rings. The fourth-order valence-corrected chi connectivity index (χ4v) is 24.5. The van der Waals surface area contributed by atoms with E-state index >= 15 is 0 Å². The number of benzene rings is 18. The van der Waals surface area contributed by atoms with E-state index in [1.807, 2.05) is 7.11 Å². The molecule has 0 heterocycles. The fraction of sp³-hybridized carbons (Fsp3) is 0.0448. The summed E-state index contributed by atoms with van der Waals surface area (Å²) in [6, 6.07) is 9.73. The van der Waals surface area contributed by atoms with Crippen LogP contribution >= 0.6 is 0 Å². The second-order valence-electron chi connectivity index (χ2n) is 24.8. The summed E-state index contributed by atoms with van der Waals surface area (Å²) in [7, 11) is 1.85. The molecule has 29 aromatic carbocycles. The summed E-state index contributed by atoms with van der Waals surface area (Å²) in [5.74, 6) is 1.17. The van der Waals surface area contributed by atoms with E-state index in [0.29, 0.717) is 0 Å². The van der Waals surface area contributed by atoms with Crippen LogP contribution in [0, 0.1) is 0 Å². The van der Waals surface area contributed by atoms with E-state index < -0.39 is 0 Å². The van der Waals surface area contributed by atoms with Gasteiger partial charge in [0.15, 0.2) is 0 Å². The Bertz CT molecular complexity index is 7370. The molecule has 33 rings (SSSR count). The summed E-state index contributed by atoms with van der Waals surface area (Å²) in [6.07, 6.45) is 0.